The zero-order valence-electron chi connectivity index (χ0n) is 7.09. The van der Waals surface area contributed by atoms with E-state index in [1.54, 1.807) is 0 Å². The molecule has 0 fully saturated rings. The van der Waals surface area contributed by atoms with Crippen LogP contribution in [-0.2, 0) is 0 Å². The first-order valence-electron chi connectivity index (χ1n) is 3.76. The Morgan fingerprint density at radius 2 is 1.90 bits per heavy atom. The molecular formula is C10H16. The maximum atomic E-state index is 2.16. The highest BCUT2D eigenvalue weighted by atomic mass is 13.8. The van der Waals surface area contributed by atoms with E-state index >= 15 is 0 Å². The van der Waals surface area contributed by atoms with Crippen molar-refractivity contribution in [2.24, 2.45) is 0 Å². The van der Waals surface area contributed by atoms with Gasteiger partial charge in [0, 0.05) is 0 Å². The van der Waals surface area contributed by atoms with Gasteiger partial charge in [0.1, 0.15) is 0 Å². The lowest BCUT2D eigenvalue weighted by Gasteiger charge is -1.87. The van der Waals surface area contributed by atoms with E-state index in [1.165, 1.54) is 5.57 Å². The maximum Gasteiger partial charge on any atom is -0.0349 e. The van der Waals surface area contributed by atoms with Gasteiger partial charge < -0.3 is 0 Å². The van der Waals surface area contributed by atoms with E-state index in [4.69, 9.17) is 0 Å². The summed E-state index contributed by atoms with van der Waals surface area (Å²) in [5, 5.41) is 0. The van der Waals surface area contributed by atoms with Crippen molar-refractivity contribution in [1.29, 1.82) is 0 Å². The third kappa shape index (κ3) is 5.36. The Kier molecular flexibility index (Phi) is 5.85. The van der Waals surface area contributed by atoms with E-state index in [1.807, 2.05) is 25.2 Å². The molecule has 0 saturated carbocycles. The lowest BCUT2D eigenvalue weighted by Crippen LogP contribution is -1.66. The zero-order valence-corrected chi connectivity index (χ0v) is 7.09. The second kappa shape index (κ2) is 6.34. The molecule has 0 N–H and O–H groups in total. The van der Waals surface area contributed by atoms with Crippen LogP contribution in [0, 0.1) is 0 Å². The number of hydrogen-bond donors (Lipinski definition) is 0. The molecule has 0 heteroatoms. The fraction of sp³-hybridized carbons (Fsp3) is 0.400. The van der Waals surface area contributed by atoms with Crippen molar-refractivity contribution < 1.29 is 0 Å². The molecule has 0 rings (SSSR count). The third-order valence-electron chi connectivity index (χ3n) is 1.35. The van der Waals surface area contributed by atoms with Crippen molar-refractivity contribution in [2.75, 3.05) is 0 Å². The molecule has 0 unspecified atom stereocenters. The average molecular weight is 136 g/mol. The molecular weight excluding hydrogens is 120 g/mol. The molecule has 56 valence electrons. The van der Waals surface area contributed by atoms with E-state index in [9.17, 15) is 0 Å². The predicted molar refractivity (Wildman–Crippen MR) is 48.0 cm³/mol. The van der Waals surface area contributed by atoms with Gasteiger partial charge in [0.05, 0.1) is 0 Å². The Hall–Kier alpha value is -0.780. The van der Waals surface area contributed by atoms with Crippen LogP contribution in [0.4, 0.5) is 0 Å². The van der Waals surface area contributed by atoms with Crippen molar-refractivity contribution in [3.63, 3.8) is 0 Å². The Labute approximate surface area is 64.0 Å². The zero-order chi connectivity index (χ0) is 7.82. The van der Waals surface area contributed by atoms with Gasteiger partial charge >= 0.3 is 0 Å². The summed E-state index contributed by atoms with van der Waals surface area (Å²) < 4.78 is 0. The van der Waals surface area contributed by atoms with Gasteiger partial charge in [-0.1, -0.05) is 42.9 Å². The van der Waals surface area contributed by atoms with Crippen LogP contribution in [0.1, 0.15) is 27.2 Å². The van der Waals surface area contributed by atoms with Gasteiger partial charge in [0.25, 0.3) is 0 Å². The lowest BCUT2D eigenvalue weighted by molar-refractivity contribution is 1.10. The van der Waals surface area contributed by atoms with E-state index in [-0.39, 0.29) is 0 Å². The Morgan fingerprint density at radius 3 is 2.40 bits per heavy atom. The SMILES string of the molecule is C\C=C/C=C\C=C(\C)CC. The summed E-state index contributed by atoms with van der Waals surface area (Å²) in [6.45, 7) is 6.32. The molecule has 0 aromatic rings. The van der Waals surface area contributed by atoms with Crippen molar-refractivity contribution in [2.45, 2.75) is 27.2 Å². The molecule has 0 bridgehead atoms. The molecule has 0 spiro atoms. The first-order valence-corrected chi connectivity index (χ1v) is 3.76. The summed E-state index contributed by atoms with van der Waals surface area (Å²) in [7, 11) is 0. The summed E-state index contributed by atoms with van der Waals surface area (Å²) in [5.41, 5.74) is 1.42. The van der Waals surface area contributed by atoms with E-state index in [0.29, 0.717) is 0 Å². The van der Waals surface area contributed by atoms with Gasteiger partial charge in [-0.15, -0.1) is 0 Å². The molecule has 0 nitrogen and oxygen atoms in total. The van der Waals surface area contributed by atoms with Crippen molar-refractivity contribution >= 4 is 0 Å². The molecule has 10 heavy (non-hydrogen) atoms. The van der Waals surface area contributed by atoms with Crippen molar-refractivity contribution in [3.8, 4) is 0 Å². The van der Waals surface area contributed by atoms with Gasteiger partial charge in [-0.3, -0.25) is 0 Å². The van der Waals surface area contributed by atoms with Gasteiger partial charge in [0.15, 0.2) is 0 Å². The van der Waals surface area contributed by atoms with Crippen molar-refractivity contribution in [3.05, 3.63) is 36.0 Å². The highest BCUT2D eigenvalue weighted by Crippen LogP contribution is 1.97. The first-order chi connectivity index (χ1) is 4.81. The number of allylic oxidation sites excluding steroid dienone is 6. The fourth-order valence-corrected chi connectivity index (χ4v) is 0.513. The molecule has 0 aliphatic heterocycles. The van der Waals surface area contributed by atoms with Crippen LogP contribution in [0.3, 0.4) is 0 Å². The minimum Gasteiger partial charge on any atom is -0.0877 e. The molecule has 0 aromatic heterocycles. The lowest BCUT2D eigenvalue weighted by atomic mass is 10.2. The van der Waals surface area contributed by atoms with E-state index < -0.39 is 0 Å². The molecule has 0 aromatic carbocycles. The fourth-order valence-electron chi connectivity index (χ4n) is 0.513. The largest absolute Gasteiger partial charge is 0.0877 e. The quantitative estimate of drug-likeness (QED) is 0.521. The van der Waals surface area contributed by atoms with Crippen LogP contribution >= 0.6 is 0 Å². The van der Waals surface area contributed by atoms with Crippen molar-refractivity contribution in [1.82, 2.24) is 0 Å². The molecule has 0 amide bonds. The number of rotatable bonds is 3. The summed E-state index contributed by atoms with van der Waals surface area (Å²) in [6.07, 6.45) is 11.4. The standard InChI is InChI=1S/C10H16/c1-4-6-7-8-9-10(3)5-2/h4,6-9H,5H2,1-3H3/b6-4-,8-7-,10-9-. The minimum atomic E-state index is 1.14. The van der Waals surface area contributed by atoms with Crippen LogP contribution in [0.25, 0.3) is 0 Å². The average Bonchev–Trinajstić information content (AvgIpc) is 1.98. The Morgan fingerprint density at radius 1 is 1.20 bits per heavy atom. The summed E-state index contributed by atoms with van der Waals surface area (Å²) >= 11 is 0. The van der Waals surface area contributed by atoms with Gasteiger partial charge in [-0.25, -0.2) is 0 Å². The van der Waals surface area contributed by atoms with Gasteiger partial charge in [-0.2, -0.15) is 0 Å². The normalized spacial score (nSPS) is 13.7. The molecule has 0 aliphatic carbocycles. The first kappa shape index (κ1) is 9.22. The maximum absolute atomic E-state index is 2.16. The van der Waals surface area contributed by atoms with Gasteiger partial charge in [0.2, 0.25) is 0 Å². The second-order valence-corrected chi connectivity index (χ2v) is 2.28. The summed E-state index contributed by atoms with van der Waals surface area (Å²) in [4.78, 5) is 0. The monoisotopic (exact) mass is 136 g/mol. The van der Waals surface area contributed by atoms with E-state index in [0.717, 1.165) is 6.42 Å². The van der Waals surface area contributed by atoms with Crippen LogP contribution in [0.2, 0.25) is 0 Å². The second-order valence-electron chi connectivity index (χ2n) is 2.28. The van der Waals surface area contributed by atoms with E-state index in [2.05, 4.69) is 26.0 Å². The topological polar surface area (TPSA) is 0 Å². The summed E-state index contributed by atoms with van der Waals surface area (Å²) in [5.74, 6) is 0. The van der Waals surface area contributed by atoms with Gasteiger partial charge in [-0.05, 0) is 20.3 Å². The minimum absolute atomic E-state index is 1.14. The highest BCUT2D eigenvalue weighted by molar-refractivity contribution is 5.14. The highest BCUT2D eigenvalue weighted by Gasteiger charge is 1.76. The van der Waals surface area contributed by atoms with Crippen LogP contribution in [0.15, 0.2) is 36.0 Å². The molecule has 0 saturated heterocycles. The molecule has 0 heterocycles. The molecule has 0 atom stereocenters. The Bertz CT molecular complexity index is 147. The van der Waals surface area contributed by atoms with Crippen LogP contribution < -0.4 is 0 Å². The predicted octanol–water partition coefficient (Wildman–Crippen LogP) is 3.48. The number of hydrogen-bond acceptors (Lipinski definition) is 0. The third-order valence-corrected chi connectivity index (χ3v) is 1.35. The van der Waals surface area contributed by atoms with Crippen LogP contribution in [-0.4, -0.2) is 0 Å². The smallest absolute Gasteiger partial charge is 0.0349 e. The molecule has 0 radical (unpaired) electrons. The molecule has 0 aliphatic rings. The Balaban J connectivity index is 3.70. The van der Waals surface area contributed by atoms with Crippen LogP contribution in [0.5, 0.6) is 0 Å². The summed E-state index contributed by atoms with van der Waals surface area (Å²) in [6, 6.07) is 0.